The van der Waals surface area contributed by atoms with Crippen molar-refractivity contribution in [1.82, 2.24) is 4.31 Å². The lowest BCUT2D eigenvalue weighted by Crippen LogP contribution is -2.40. The van der Waals surface area contributed by atoms with E-state index in [0.29, 0.717) is 6.07 Å². The van der Waals surface area contributed by atoms with Crippen LogP contribution in [0.1, 0.15) is 26.7 Å². The Morgan fingerprint density at radius 2 is 1.80 bits per heavy atom. The van der Waals surface area contributed by atoms with Crippen LogP contribution in [0, 0.1) is 23.0 Å². The zero-order valence-corrected chi connectivity index (χ0v) is 17.3. The van der Waals surface area contributed by atoms with Gasteiger partial charge in [-0.2, -0.15) is 4.31 Å². The lowest BCUT2D eigenvalue weighted by Gasteiger charge is -2.30. The molecule has 0 radical (unpaired) electrons. The Hall–Kier alpha value is -2.66. The van der Waals surface area contributed by atoms with Crippen LogP contribution < -0.4 is 0 Å². The molecular formula is C19H22F2N2O6S. The lowest BCUT2D eigenvalue weighted by atomic mass is 9.98. The van der Waals surface area contributed by atoms with Gasteiger partial charge in [0, 0.05) is 18.8 Å². The average Bonchev–Trinajstić information content (AvgIpc) is 2.67. The minimum absolute atomic E-state index is 0.0266. The fraction of sp³-hybridized carbons (Fsp3) is 0.421. The smallest absolute Gasteiger partial charge is 0.309 e. The van der Waals surface area contributed by atoms with Crippen LogP contribution in [0.15, 0.2) is 34.4 Å². The minimum Gasteiger partial charge on any atom is -0.508 e. The first kappa shape index (κ1) is 23.6. The Bertz CT molecular complexity index is 982. The van der Waals surface area contributed by atoms with Gasteiger partial charge >= 0.3 is 5.97 Å². The molecule has 2 rings (SSSR count). The number of ether oxygens (including phenoxy) is 1. The van der Waals surface area contributed by atoms with Gasteiger partial charge in [-0.05, 0) is 44.9 Å². The van der Waals surface area contributed by atoms with Crippen molar-refractivity contribution in [1.29, 1.82) is 5.41 Å². The summed E-state index contributed by atoms with van der Waals surface area (Å²) in [6.45, 7) is 1.87. The number of hydrogen-bond donors (Lipinski definition) is 2. The number of sulfonamides is 1. The number of halogens is 2. The second-order valence-corrected chi connectivity index (χ2v) is 8.80. The van der Waals surface area contributed by atoms with Crippen LogP contribution in [0.3, 0.4) is 0 Å². The van der Waals surface area contributed by atoms with Gasteiger partial charge in [0.05, 0.1) is 16.4 Å². The monoisotopic (exact) mass is 444 g/mol. The number of benzene rings is 1. The normalized spacial score (nSPS) is 16.7. The Kier molecular flexibility index (Phi) is 7.43. The topological polar surface area (TPSA) is 125 Å². The van der Waals surface area contributed by atoms with Crippen LogP contribution in [0.2, 0.25) is 0 Å². The van der Waals surface area contributed by atoms with Crippen LogP contribution in [0.4, 0.5) is 8.78 Å². The molecular weight excluding hydrogens is 422 g/mol. The third-order valence-electron chi connectivity index (χ3n) is 4.68. The molecule has 0 saturated carbocycles. The third kappa shape index (κ3) is 5.28. The predicted molar refractivity (Wildman–Crippen MR) is 103 cm³/mol. The number of allylic oxidation sites excluding steroid dienone is 1. The Morgan fingerprint density at radius 1 is 1.20 bits per heavy atom. The van der Waals surface area contributed by atoms with Crippen molar-refractivity contribution in [2.24, 2.45) is 5.92 Å². The lowest BCUT2D eigenvalue weighted by molar-refractivity contribution is -0.149. The number of nitrogens with zero attached hydrogens (tertiary/aromatic N) is 1. The molecule has 1 aromatic rings. The molecule has 8 nitrogen and oxygen atoms in total. The van der Waals surface area contributed by atoms with Gasteiger partial charge in [0.2, 0.25) is 10.0 Å². The van der Waals surface area contributed by atoms with E-state index in [0.717, 1.165) is 16.4 Å². The number of aliphatic hydroxyl groups excluding tert-OH is 1. The number of hydrogen-bond acceptors (Lipinski definition) is 7. The largest absolute Gasteiger partial charge is 0.508 e. The Labute approximate surface area is 172 Å². The number of aliphatic hydroxyl groups is 1. The van der Waals surface area contributed by atoms with Crippen LogP contribution in [-0.4, -0.2) is 55.0 Å². The number of ketones is 1. The van der Waals surface area contributed by atoms with Crippen LogP contribution in [0.25, 0.3) is 0 Å². The van der Waals surface area contributed by atoms with E-state index >= 15 is 0 Å². The maximum atomic E-state index is 13.4. The van der Waals surface area contributed by atoms with Crippen molar-refractivity contribution in [2.45, 2.75) is 31.6 Å². The van der Waals surface area contributed by atoms with E-state index in [4.69, 9.17) is 10.1 Å². The maximum Gasteiger partial charge on any atom is 0.309 e. The summed E-state index contributed by atoms with van der Waals surface area (Å²) in [5.41, 5.74) is -0.387. The molecule has 164 valence electrons. The predicted octanol–water partition coefficient (Wildman–Crippen LogP) is 2.35. The van der Waals surface area contributed by atoms with E-state index in [9.17, 15) is 31.9 Å². The minimum atomic E-state index is -4.04. The molecule has 30 heavy (non-hydrogen) atoms. The number of carbonyl (C=O) groups excluding carboxylic acids is 2. The van der Waals surface area contributed by atoms with Gasteiger partial charge in [0.1, 0.15) is 12.4 Å². The molecule has 1 aliphatic rings. The summed E-state index contributed by atoms with van der Waals surface area (Å²) in [4.78, 5) is 23.3. The number of rotatable bonds is 7. The molecule has 1 saturated heterocycles. The number of carbonyl (C=O) groups is 2. The molecule has 0 bridgehead atoms. The molecule has 1 fully saturated rings. The molecule has 1 aliphatic heterocycles. The third-order valence-corrected chi connectivity index (χ3v) is 6.58. The van der Waals surface area contributed by atoms with Crippen LogP contribution in [-0.2, 0) is 24.3 Å². The summed E-state index contributed by atoms with van der Waals surface area (Å²) in [5.74, 6) is -4.78. The maximum absolute atomic E-state index is 13.4. The average molecular weight is 444 g/mol. The van der Waals surface area contributed by atoms with Crippen molar-refractivity contribution >= 4 is 27.5 Å². The number of nitrogens with one attached hydrogen (secondary N) is 1. The summed E-state index contributed by atoms with van der Waals surface area (Å²) in [6.07, 6.45) is 0.269. The highest BCUT2D eigenvalue weighted by atomic mass is 32.2. The fourth-order valence-corrected chi connectivity index (χ4v) is 4.61. The van der Waals surface area contributed by atoms with E-state index in [1.54, 1.807) is 0 Å². The van der Waals surface area contributed by atoms with E-state index in [1.807, 2.05) is 0 Å². The van der Waals surface area contributed by atoms with E-state index in [2.05, 4.69) is 0 Å². The first-order valence-corrected chi connectivity index (χ1v) is 10.5. The van der Waals surface area contributed by atoms with Gasteiger partial charge in [-0.15, -0.1) is 0 Å². The van der Waals surface area contributed by atoms with Crippen LogP contribution >= 0.6 is 0 Å². The van der Waals surface area contributed by atoms with Crippen molar-refractivity contribution in [3.8, 4) is 0 Å². The van der Waals surface area contributed by atoms with Crippen LogP contribution in [0.5, 0.6) is 0 Å². The summed E-state index contributed by atoms with van der Waals surface area (Å²) in [6, 6.07) is 2.32. The van der Waals surface area contributed by atoms with Crippen molar-refractivity contribution in [3.63, 3.8) is 0 Å². The second-order valence-electron chi connectivity index (χ2n) is 6.86. The summed E-state index contributed by atoms with van der Waals surface area (Å²) in [7, 11) is -4.04. The summed E-state index contributed by atoms with van der Waals surface area (Å²) >= 11 is 0. The molecule has 2 N–H and O–H groups in total. The quantitative estimate of drug-likeness (QED) is 0.288. The Balaban J connectivity index is 1.99. The van der Waals surface area contributed by atoms with E-state index in [1.165, 1.54) is 13.8 Å². The van der Waals surface area contributed by atoms with Gasteiger partial charge in [-0.25, -0.2) is 17.2 Å². The summed E-state index contributed by atoms with van der Waals surface area (Å²) < 4.78 is 57.7. The highest BCUT2D eigenvalue weighted by Crippen LogP contribution is 2.25. The zero-order valence-electron chi connectivity index (χ0n) is 16.4. The molecule has 0 aliphatic carbocycles. The molecule has 11 heteroatoms. The summed E-state index contributed by atoms with van der Waals surface area (Å²) in [5, 5.41) is 17.4. The van der Waals surface area contributed by atoms with Gasteiger partial charge < -0.3 is 15.3 Å². The number of piperidine rings is 1. The van der Waals surface area contributed by atoms with E-state index < -0.39 is 51.7 Å². The SMILES string of the molecule is CC(=N)/C(C(C)=O)=C(/O)COC(=O)C1CCN(S(=O)(=O)c2ccc(F)c(F)c2)CC1. The highest BCUT2D eigenvalue weighted by Gasteiger charge is 2.33. The first-order chi connectivity index (χ1) is 13.9. The second kappa shape index (κ2) is 9.43. The molecule has 0 unspecified atom stereocenters. The molecule has 1 aromatic carbocycles. The highest BCUT2D eigenvalue weighted by molar-refractivity contribution is 7.89. The first-order valence-electron chi connectivity index (χ1n) is 9.05. The van der Waals surface area contributed by atoms with Crippen molar-refractivity contribution in [3.05, 3.63) is 41.2 Å². The van der Waals surface area contributed by atoms with Gasteiger partial charge in [-0.1, -0.05) is 0 Å². The number of esters is 1. The number of Topliss-reactive ketones (excluding diaryl/α,β-unsaturated/α-hetero) is 1. The molecule has 0 atom stereocenters. The Morgan fingerprint density at radius 3 is 2.30 bits per heavy atom. The van der Waals surface area contributed by atoms with E-state index in [-0.39, 0.29) is 42.1 Å². The van der Waals surface area contributed by atoms with Gasteiger partial charge in [0.15, 0.2) is 17.4 Å². The molecule has 0 amide bonds. The van der Waals surface area contributed by atoms with Gasteiger partial charge in [0.25, 0.3) is 0 Å². The van der Waals surface area contributed by atoms with Crippen molar-refractivity contribution < 1.29 is 36.6 Å². The molecule has 1 heterocycles. The molecule has 0 spiro atoms. The zero-order chi connectivity index (χ0) is 22.6. The molecule has 0 aromatic heterocycles. The fourth-order valence-electron chi connectivity index (χ4n) is 3.13. The van der Waals surface area contributed by atoms with Gasteiger partial charge in [-0.3, -0.25) is 9.59 Å². The standard InChI is InChI=1S/C19H22F2N2O6S/c1-11(22)18(12(2)24)17(25)10-29-19(26)13-5-7-23(8-6-13)30(27,28)14-3-4-15(20)16(21)9-14/h3-4,9,13,22,25H,5-8,10H2,1-2H3/b18-17-,22-11?. The van der Waals surface area contributed by atoms with Crippen molar-refractivity contribution in [2.75, 3.05) is 19.7 Å².